The van der Waals surface area contributed by atoms with Crippen molar-refractivity contribution in [2.24, 2.45) is 17.6 Å². The summed E-state index contributed by atoms with van der Waals surface area (Å²) in [5.41, 5.74) is 5.65. The van der Waals surface area contributed by atoms with Crippen LogP contribution in [0.4, 0.5) is 0 Å². The Morgan fingerprint density at radius 2 is 1.85 bits per heavy atom. The van der Waals surface area contributed by atoms with E-state index in [9.17, 15) is 8.42 Å². The fourth-order valence-electron chi connectivity index (χ4n) is 2.25. The summed E-state index contributed by atoms with van der Waals surface area (Å²) in [4.78, 5) is 2.31. The predicted molar refractivity (Wildman–Crippen MR) is 82.6 cm³/mol. The normalized spacial score (nSPS) is 21.1. The van der Waals surface area contributed by atoms with Crippen LogP contribution in [-0.4, -0.2) is 63.4 Å². The smallest absolute Gasteiger partial charge is 0.279 e. The summed E-state index contributed by atoms with van der Waals surface area (Å²) in [5.74, 6) is 0.774. The summed E-state index contributed by atoms with van der Waals surface area (Å²) in [6.07, 6.45) is 0.875. The van der Waals surface area contributed by atoms with Crippen LogP contribution in [0.3, 0.4) is 0 Å². The van der Waals surface area contributed by atoms with E-state index in [1.807, 2.05) is 13.8 Å². The molecule has 1 rings (SSSR count). The Balaban J connectivity index is 2.50. The summed E-state index contributed by atoms with van der Waals surface area (Å²) in [6.45, 7) is 11.1. The molecule has 1 aliphatic heterocycles. The van der Waals surface area contributed by atoms with Gasteiger partial charge in [-0.05, 0) is 31.3 Å². The molecule has 0 aliphatic carbocycles. The van der Waals surface area contributed by atoms with E-state index >= 15 is 0 Å². The molecule has 20 heavy (non-hydrogen) atoms. The third kappa shape index (κ3) is 6.05. The lowest BCUT2D eigenvalue weighted by Gasteiger charge is -2.24. The van der Waals surface area contributed by atoms with E-state index in [2.05, 4.69) is 16.5 Å². The van der Waals surface area contributed by atoms with Crippen molar-refractivity contribution < 1.29 is 8.42 Å². The molecular weight excluding hydrogens is 276 g/mol. The summed E-state index contributed by atoms with van der Waals surface area (Å²) < 4.78 is 28.7. The van der Waals surface area contributed by atoms with Crippen molar-refractivity contribution in [2.75, 3.05) is 45.8 Å². The molecule has 1 heterocycles. The van der Waals surface area contributed by atoms with Crippen molar-refractivity contribution >= 4 is 10.2 Å². The van der Waals surface area contributed by atoms with Gasteiger partial charge in [-0.1, -0.05) is 20.8 Å². The second kappa shape index (κ2) is 8.29. The number of hydrogen-bond donors (Lipinski definition) is 2. The van der Waals surface area contributed by atoms with Gasteiger partial charge < -0.3 is 10.6 Å². The first-order chi connectivity index (χ1) is 9.35. The summed E-state index contributed by atoms with van der Waals surface area (Å²) in [7, 11) is -3.33. The van der Waals surface area contributed by atoms with Crippen molar-refractivity contribution in [1.82, 2.24) is 13.9 Å². The van der Waals surface area contributed by atoms with Crippen LogP contribution >= 0.6 is 0 Å². The molecule has 0 aromatic rings. The SMILES string of the molecule is CC(C)CNS(=O)(=O)N1CCCN(CC(C)CN)CC1. The Hall–Kier alpha value is -0.210. The third-order valence-electron chi connectivity index (χ3n) is 3.53. The van der Waals surface area contributed by atoms with Crippen molar-refractivity contribution in [2.45, 2.75) is 27.2 Å². The predicted octanol–water partition coefficient (Wildman–Crippen LogP) is 0.0793. The molecule has 1 atom stereocenters. The number of nitrogens with one attached hydrogen (secondary N) is 1. The number of nitrogens with two attached hydrogens (primary N) is 1. The van der Waals surface area contributed by atoms with Gasteiger partial charge in [0.05, 0.1) is 0 Å². The lowest BCUT2D eigenvalue weighted by Crippen LogP contribution is -2.44. The summed E-state index contributed by atoms with van der Waals surface area (Å²) in [5, 5.41) is 0. The molecule has 1 fully saturated rings. The summed E-state index contributed by atoms with van der Waals surface area (Å²) in [6, 6.07) is 0. The van der Waals surface area contributed by atoms with Gasteiger partial charge in [0.2, 0.25) is 0 Å². The van der Waals surface area contributed by atoms with Crippen molar-refractivity contribution in [3.63, 3.8) is 0 Å². The monoisotopic (exact) mass is 306 g/mol. The molecule has 6 nitrogen and oxygen atoms in total. The van der Waals surface area contributed by atoms with Crippen molar-refractivity contribution in [3.8, 4) is 0 Å². The molecule has 7 heteroatoms. The second-order valence-corrected chi connectivity index (χ2v) is 7.90. The van der Waals surface area contributed by atoms with Gasteiger partial charge in [-0.2, -0.15) is 12.7 Å². The fourth-order valence-corrected chi connectivity index (χ4v) is 3.67. The largest absolute Gasteiger partial charge is 0.330 e. The van der Waals surface area contributed by atoms with Crippen molar-refractivity contribution in [1.29, 1.82) is 0 Å². The van der Waals surface area contributed by atoms with Gasteiger partial charge >= 0.3 is 0 Å². The molecule has 0 spiro atoms. The van der Waals surface area contributed by atoms with E-state index in [0.717, 1.165) is 26.1 Å². The Morgan fingerprint density at radius 1 is 1.15 bits per heavy atom. The lowest BCUT2D eigenvalue weighted by molar-refractivity contribution is 0.250. The minimum absolute atomic E-state index is 0.318. The molecule has 1 unspecified atom stereocenters. The zero-order valence-electron chi connectivity index (χ0n) is 13.0. The Labute approximate surface area is 123 Å². The van der Waals surface area contributed by atoms with Crippen LogP contribution in [0.15, 0.2) is 0 Å². The van der Waals surface area contributed by atoms with Crippen LogP contribution in [0.2, 0.25) is 0 Å². The highest BCUT2D eigenvalue weighted by molar-refractivity contribution is 7.87. The summed E-state index contributed by atoms with van der Waals surface area (Å²) >= 11 is 0. The van der Waals surface area contributed by atoms with Gasteiger partial charge in [0.1, 0.15) is 0 Å². The highest BCUT2D eigenvalue weighted by atomic mass is 32.2. The van der Waals surface area contributed by atoms with Crippen molar-refractivity contribution in [3.05, 3.63) is 0 Å². The van der Waals surface area contributed by atoms with Gasteiger partial charge in [-0.3, -0.25) is 0 Å². The molecule has 0 bridgehead atoms. The average Bonchev–Trinajstić information content (AvgIpc) is 2.62. The van der Waals surface area contributed by atoms with Crippen LogP contribution in [0, 0.1) is 11.8 Å². The van der Waals surface area contributed by atoms with Crippen LogP contribution < -0.4 is 10.5 Å². The van der Waals surface area contributed by atoms with Crippen LogP contribution in [-0.2, 0) is 10.2 Å². The standard InChI is InChI=1S/C13H30N4O2S/c1-12(2)10-15-20(18,19)17-6-4-5-16(7-8-17)11-13(3)9-14/h12-13,15H,4-11,14H2,1-3H3. The maximum atomic E-state index is 12.2. The molecule has 0 saturated carbocycles. The zero-order chi connectivity index (χ0) is 15.2. The molecule has 0 aromatic heterocycles. The van der Waals surface area contributed by atoms with Gasteiger partial charge in [0.25, 0.3) is 10.2 Å². The number of hydrogen-bond acceptors (Lipinski definition) is 4. The quantitative estimate of drug-likeness (QED) is 0.698. The van der Waals surface area contributed by atoms with Gasteiger partial charge in [0, 0.05) is 32.7 Å². The molecular formula is C13H30N4O2S. The maximum Gasteiger partial charge on any atom is 0.279 e. The number of nitrogens with zero attached hydrogens (tertiary/aromatic N) is 2. The zero-order valence-corrected chi connectivity index (χ0v) is 13.8. The molecule has 1 saturated heterocycles. The first-order valence-electron chi connectivity index (χ1n) is 7.52. The Morgan fingerprint density at radius 3 is 2.45 bits per heavy atom. The fraction of sp³-hybridized carbons (Fsp3) is 1.00. The maximum absolute atomic E-state index is 12.2. The number of rotatable bonds is 7. The minimum atomic E-state index is -3.33. The van der Waals surface area contributed by atoms with E-state index < -0.39 is 10.2 Å². The Kier molecular flexibility index (Phi) is 7.39. The van der Waals surface area contributed by atoms with Gasteiger partial charge in [-0.15, -0.1) is 0 Å². The first kappa shape index (κ1) is 17.8. The van der Waals surface area contributed by atoms with E-state index in [1.54, 1.807) is 4.31 Å². The van der Waals surface area contributed by atoms with E-state index in [1.165, 1.54) is 0 Å². The molecule has 0 aromatic carbocycles. The van der Waals surface area contributed by atoms with E-state index in [-0.39, 0.29) is 0 Å². The van der Waals surface area contributed by atoms with Gasteiger partial charge in [0.15, 0.2) is 0 Å². The molecule has 120 valence electrons. The molecule has 1 aliphatic rings. The average molecular weight is 306 g/mol. The van der Waals surface area contributed by atoms with Gasteiger partial charge in [-0.25, -0.2) is 4.72 Å². The Bertz CT molecular complexity index is 373. The van der Waals surface area contributed by atoms with E-state index in [4.69, 9.17) is 5.73 Å². The van der Waals surface area contributed by atoms with Crippen LogP contribution in [0.1, 0.15) is 27.2 Å². The first-order valence-corrected chi connectivity index (χ1v) is 8.96. The topological polar surface area (TPSA) is 78.7 Å². The molecule has 0 radical (unpaired) electrons. The minimum Gasteiger partial charge on any atom is -0.330 e. The highest BCUT2D eigenvalue weighted by Gasteiger charge is 2.25. The highest BCUT2D eigenvalue weighted by Crippen LogP contribution is 2.09. The lowest BCUT2D eigenvalue weighted by atomic mass is 10.1. The third-order valence-corrected chi connectivity index (χ3v) is 5.11. The van der Waals surface area contributed by atoms with E-state index in [0.29, 0.717) is 38.0 Å². The van der Waals surface area contributed by atoms with Crippen LogP contribution in [0.25, 0.3) is 0 Å². The molecule has 3 N–H and O–H groups in total. The molecule has 0 amide bonds. The second-order valence-electron chi connectivity index (χ2n) is 6.14. The van der Waals surface area contributed by atoms with Crippen LogP contribution in [0.5, 0.6) is 0 Å².